The van der Waals surface area contributed by atoms with Crippen LogP contribution in [0.15, 0.2) is 0 Å². The van der Waals surface area contributed by atoms with Crippen LogP contribution in [0.25, 0.3) is 0 Å². The summed E-state index contributed by atoms with van der Waals surface area (Å²) in [5.74, 6) is -1.40. The third kappa shape index (κ3) is 74.1. The van der Waals surface area contributed by atoms with Gasteiger partial charge in [-0.2, -0.15) is 0 Å². The van der Waals surface area contributed by atoms with E-state index in [9.17, 15) is 43.2 Å². The summed E-state index contributed by atoms with van der Waals surface area (Å²) in [4.78, 5) is 72.9. The summed E-state index contributed by atoms with van der Waals surface area (Å²) in [7, 11) is -9.91. The van der Waals surface area contributed by atoms with Crippen LogP contribution in [0.4, 0.5) is 0 Å². The summed E-state index contributed by atoms with van der Waals surface area (Å²) in [5.41, 5.74) is 0. The number of esters is 4. The lowest BCUT2D eigenvalue weighted by atomic mass is 10.0. The maximum Gasteiger partial charge on any atom is 0.472 e. The lowest BCUT2D eigenvalue weighted by molar-refractivity contribution is -0.161. The Kier molecular flexibility index (Phi) is 71.6. The lowest BCUT2D eigenvalue weighted by Crippen LogP contribution is -2.30. The number of hydrogen-bond acceptors (Lipinski definition) is 15. The molecule has 0 aromatic heterocycles. The molecule has 17 nitrogen and oxygen atoms in total. The molecule has 0 rings (SSSR count). The van der Waals surface area contributed by atoms with Crippen molar-refractivity contribution in [2.45, 2.75) is 445 Å². The highest BCUT2D eigenvalue weighted by Crippen LogP contribution is 2.45. The number of rotatable bonds is 80. The van der Waals surface area contributed by atoms with Gasteiger partial charge in [0, 0.05) is 25.7 Å². The number of carbonyl (C=O) groups excluding carboxylic acids is 4. The SMILES string of the molecule is CCCCCCCCCCCCCCCCCCCCCC(=O)O[C@H](COC(=O)CCCCCCCCCCCCCCCCCCCC)COP(=O)(O)OC[C@@H](O)COP(=O)(O)OC[C@@H](COC(=O)CCCCCCCCCC(C)C)OC(=O)CCCCCCCCCCCCCC. The lowest BCUT2D eigenvalue weighted by Gasteiger charge is -2.21. The van der Waals surface area contributed by atoms with Crippen molar-refractivity contribution < 1.29 is 80.2 Å². The van der Waals surface area contributed by atoms with Gasteiger partial charge in [0.1, 0.15) is 19.3 Å². The minimum absolute atomic E-state index is 0.107. The predicted molar refractivity (Wildman–Crippen MR) is 405 cm³/mol. The molecule has 0 heterocycles. The number of aliphatic hydroxyl groups excluding tert-OH is 1. The molecule has 588 valence electrons. The average molecular weight is 1450 g/mol. The van der Waals surface area contributed by atoms with E-state index in [1.54, 1.807) is 0 Å². The molecule has 19 heteroatoms. The van der Waals surface area contributed by atoms with Crippen LogP contribution in [-0.4, -0.2) is 96.7 Å². The zero-order chi connectivity index (χ0) is 72.7. The normalized spacial score (nSPS) is 13.9. The summed E-state index contributed by atoms with van der Waals surface area (Å²) in [5, 5.41) is 10.6. The fourth-order valence-corrected chi connectivity index (χ4v) is 14.0. The van der Waals surface area contributed by atoms with Gasteiger partial charge in [0.05, 0.1) is 26.4 Å². The summed E-state index contributed by atoms with van der Waals surface area (Å²) in [6, 6.07) is 0. The highest BCUT2D eigenvalue weighted by atomic mass is 31.2. The Labute approximate surface area is 607 Å². The van der Waals surface area contributed by atoms with Crippen molar-refractivity contribution in [2.75, 3.05) is 39.6 Å². The van der Waals surface area contributed by atoms with Crippen LogP contribution in [0.3, 0.4) is 0 Å². The molecule has 0 amide bonds. The Morgan fingerprint density at radius 1 is 0.273 bits per heavy atom. The molecule has 0 saturated carbocycles. The third-order valence-corrected chi connectivity index (χ3v) is 20.7. The molecule has 0 saturated heterocycles. The molecule has 2 unspecified atom stereocenters. The van der Waals surface area contributed by atoms with Gasteiger partial charge in [-0.1, -0.05) is 375 Å². The second-order valence-corrected chi connectivity index (χ2v) is 32.2. The first kappa shape index (κ1) is 97.1. The largest absolute Gasteiger partial charge is 0.472 e. The molecule has 0 aliphatic heterocycles. The van der Waals surface area contributed by atoms with Crippen LogP contribution in [0.2, 0.25) is 0 Å². The number of aliphatic hydroxyl groups is 1. The van der Waals surface area contributed by atoms with Gasteiger partial charge in [-0.15, -0.1) is 0 Å². The third-order valence-electron chi connectivity index (χ3n) is 18.8. The van der Waals surface area contributed by atoms with E-state index in [0.29, 0.717) is 31.6 Å². The van der Waals surface area contributed by atoms with Crippen LogP contribution < -0.4 is 0 Å². The van der Waals surface area contributed by atoms with Gasteiger partial charge < -0.3 is 33.8 Å². The molecule has 3 N–H and O–H groups in total. The van der Waals surface area contributed by atoms with Crippen LogP contribution in [-0.2, 0) is 65.4 Å². The number of phosphoric acid groups is 2. The molecule has 5 atom stereocenters. The fraction of sp³-hybridized carbons (Fsp3) is 0.950. The molecular weight excluding hydrogens is 1290 g/mol. The Morgan fingerprint density at radius 2 is 0.465 bits per heavy atom. The van der Waals surface area contributed by atoms with E-state index in [4.69, 9.17) is 37.0 Å². The molecule has 0 spiro atoms. The molecule has 0 aromatic rings. The molecule has 0 aliphatic carbocycles. The maximum atomic E-state index is 13.1. The first-order valence-corrected chi connectivity index (χ1v) is 44.6. The standard InChI is InChI=1S/C80H156O17P2/c1-6-9-12-15-18-21-24-27-29-31-33-35-37-39-42-45-50-56-61-66-80(85)96-75(69-90-77(82)63-58-53-48-43-41-38-36-34-32-30-28-25-22-19-16-13-10-7-2)71-94-98(86,87)92-67-74(81)68-93-99(88,89)95-72-76(70-91-78(83)64-59-54-51-46-47-52-57-62-73(4)5)97-79(84)65-60-55-49-44-40-26-23-20-17-14-11-8-3/h73-76,81H,6-72H2,1-5H3,(H,86,87)(H,88,89)/t74-,75-,76-/m1/s1. The average Bonchev–Trinajstić information content (AvgIpc) is 3.60. The van der Waals surface area contributed by atoms with Crippen molar-refractivity contribution in [1.29, 1.82) is 0 Å². The minimum atomic E-state index is -4.96. The van der Waals surface area contributed by atoms with Crippen molar-refractivity contribution in [2.24, 2.45) is 5.92 Å². The molecule has 0 radical (unpaired) electrons. The van der Waals surface area contributed by atoms with Crippen LogP contribution in [0.1, 0.15) is 426 Å². The fourth-order valence-electron chi connectivity index (χ4n) is 12.4. The van der Waals surface area contributed by atoms with E-state index in [2.05, 4.69) is 34.6 Å². The van der Waals surface area contributed by atoms with Crippen LogP contribution in [0.5, 0.6) is 0 Å². The molecule has 0 fully saturated rings. The van der Waals surface area contributed by atoms with Gasteiger partial charge in [0.15, 0.2) is 12.2 Å². The molecular formula is C80H156O17P2. The molecule has 99 heavy (non-hydrogen) atoms. The van der Waals surface area contributed by atoms with Crippen molar-refractivity contribution >= 4 is 39.5 Å². The summed E-state index contributed by atoms with van der Waals surface area (Å²) in [6.45, 7) is 7.27. The van der Waals surface area contributed by atoms with Crippen LogP contribution >= 0.6 is 15.6 Å². The minimum Gasteiger partial charge on any atom is -0.462 e. The smallest absolute Gasteiger partial charge is 0.462 e. The zero-order valence-electron chi connectivity index (χ0n) is 64.6. The number of carbonyl (C=O) groups is 4. The summed E-state index contributed by atoms with van der Waals surface area (Å²) in [6.07, 6.45) is 63.9. The van der Waals surface area contributed by atoms with Gasteiger partial charge >= 0.3 is 39.5 Å². The Morgan fingerprint density at radius 3 is 0.687 bits per heavy atom. The maximum absolute atomic E-state index is 13.1. The van der Waals surface area contributed by atoms with Gasteiger partial charge in [-0.05, 0) is 31.6 Å². The second-order valence-electron chi connectivity index (χ2n) is 29.3. The van der Waals surface area contributed by atoms with Gasteiger partial charge in [0.25, 0.3) is 0 Å². The summed E-state index contributed by atoms with van der Waals surface area (Å²) >= 11 is 0. The van der Waals surface area contributed by atoms with Crippen molar-refractivity contribution in [1.82, 2.24) is 0 Å². The molecule has 0 bridgehead atoms. The molecule has 0 aromatic carbocycles. The Bertz CT molecular complexity index is 1890. The van der Waals surface area contributed by atoms with E-state index < -0.39 is 97.5 Å². The Hall–Kier alpha value is -1.94. The number of unbranched alkanes of at least 4 members (excludes halogenated alkanes) is 52. The van der Waals surface area contributed by atoms with Gasteiger partial charge in [-0.3, -0.25) is 37.3 Å². The number of hydrogen-bond donors (Lipinski definition) is 3. The van der Waals surface area contributed by atoms with Gasteiger partial charge in [0.2, 0.25) is 0 Å². The zero-order valence-corrected chi connectivity index (χ0v) is 66.4. The van der Waals surface area contributed by atoms with Crippen molar-refractivity contribution in [3.8, 4) is 0 Å². The summed E-state index contributed by atoms with van der Waals surface area (Å²) < 4.78 is 68.7. The van der Waals surface area contributed by atoms with E-state index >= 15 is 0 Å². The topological polar surface area (TPSA) is 237 Å². The van der Waals surface area contributed by atoms with Crippen molar-refractivity contribution in [3.63, 3.8) is 0 Å². The highest BCUT2D eigenvalue weighted by molar-refractivity contribution is 7.47. The van der Waals surface area contributed by atoms with E-state index in [-0.39, 0.29) is 25.7 Å². The highest BCUT2D eigenvalue weighted by Gasteiger charge is 2.30. The van der Waals surface area contributed by atoms with Gasteiger partial charge in [-0.25, -0.2) is 9.13 Å². The number of phosphoric ester groups is 2. The van der Waals surface area contributed by atoms with E-state index in [1.807, 2.05) is 0 Å². The van der Waals surface area contributed by atoms with E-state index in [0.717, 1.165) is 96.3 Å². The predicted octanol–water partition coefficient (Wildman–Crippen LogP) is 24.0. The van der Waals surface area contributed by atoms with E-state index in [1.165, 1.54) is 244 Å². The quantitative estimate of drug-likeness (QED) is 0.0222. The van der Waals surface area contributed by atoms with Crippen molar-refractivity contribution in [3.05, 3.63) is 0 Å². The first-order valence-electron chi connectivity index (χ1n) is 41.6. The second kappa shape index (κ2) is 73.0. The van der Waals surface area contributed by atoms with Crippen LogP contribution in [0, 0.1) is 5.92 Å². The molecule has 0 aliphatic rings. The monoisotopic (exact) mass is 1450 g/mol. The number of ether oxygens (including phenoxy) is 4. The first-order chi connectivity index (χ1) is 48.0. The Balaban J connectivity index is 5.22.